The number of hydrogen-bond donors (Lipinski definition) is 2. The number of hydrogen-bond acceptors (Lipinski definition) is 4. The van der Waals surface area contributed by atoms with Crippen molar-refractivity contribution < 1.29 is 18.0 Å². The van der Waals surface area contributed by atoms with Crippen LogP contribution < -0.4 is 11.1 Å². The Morgan fingerprint density at radius 3 is 2.67 bits per heavy atom. The third-order valence-electron chi connectivity index (χ3n) is 3.51. The Kier molecular flexibility index (Phi) is 2.91. The number of rotatable bonds is 2. The molecule has 8 heteroatoms. The molecule has 0 aromatic carbocycles. The van der Waals surface area contributed by atoms with E-state index in [9.17, 15) is 18.0 Å². The van der Waals surface area contributed by atoms with Crippen LogP contribution in [0.5, 0.6) is 0 Å². The van der Waals surface area contributed by atoms with E-state index in [1.54, 1.807) is 0 Å². The van der Waals surface area contributed by atoms with Gasteiger partial charge in [0.2, 0.25) is 0 Å². The quantitative estimate of drug-likeness (QED) is 0.894. The molecule has 0 aliphatic heterocycles. The molecule has 1 aliphatic carbocycles. The van der Waals surface area contributed by atoms with Gasteiger partial charge in [0, 0.05) is 10.9 Å². The van der Waals surface area contributed by atoms with Gasteiger partial charge in [0.15, 0.2) is 0 Å². The number of amides is 1. The summed E-state index contributed by atoms with van der Waals surface area (Å²) in [6, 6.07) is 2.13. The van der Waals surface area contributed by atoms with Crippen molar-refractivity contribution in [1.29, 1.82) is 0 Å². The zero-order valence-electron chi connectivity index (χ0n) is 11.0. The summed E-state index contributed by atoms with van der Waals surface area (Å²) in [6.45, 7) is 1.91. The topological polar surface area (TPSA) is 68.0 Å². The van der Waals surface area contributed by atoms with E-state index in [4.69, 9.17) is 5.73 Å². The van der Waals surface area contributed by atoms with Gasteiger partial charge in [-0.2, -0.15) is 13.2 Å². The Morgan fingerprint density at radius 1 is 1.43 bits per heavy atom. The summed E-state index contributed by atoms with van der Waals surface area (Å²) in [5.74, 6) is -0.357. The first-order valence-corrected chi connectivity index (χ1v) is 7.10. The van der Waals surface area contributed by atoms with Crippen LogP contribution in [0.4, 0.5) is 18.9 Å². The molecule has 1 fully saturated rings. The van der Waals surface area contributed by atoms with E-state index in [2.05, 4.69) is 10.3 Å². The smallest absolute Gasteiger partial charge is 0.397 e. The van der Waals surface area contributed by atoms with Crippen LogP contribution in [0.1, 0.15) is 35.1 Å². The molecule has 1 aliphatic rings. The fraction of sp³-hybridized carbons (Fsp3) is 0.385. The van der Waals surface area contributed by atoms with Crippen molar-refractivity contribution in [3.63, 3.8) is 0 Å². The molecule has 3 N–H and O–H groups in total. The molecule has 0 radical (unpaired) electrons. The minimum absolute atomic E-state index is 0.119. The van der Waals surface area contributed by atoms with Gasteiger partial charge in [-0.25, -0.2) is 4.98 Å². The van der Waals surface area contributed by atoms with E-state index in [0.717, 1.165) is 30.2 Å². The highest BCUT2D eigenvalue weighted by molar-refractivity contribution is 7.21. The molecule has 0 unspecified atom stereocenters. The van der Waals surface area contributed by atoms with E-state index in [1.807, 2.05) is 6.92 Å². The summed E-state index contributed by atoms with van der Waals surface area (Å²) in [4.78, 5) is 16.0. The van der Waals surface area contributed by atoms with E-state index in [1.165, 1.54) is 6.07 Å². The predicted octanol–water partition coefficient (Wildman–Crippen LogP) is 3.18. The normalized spacial score (nSPS) is 17.0. The van der Waals surface area contributed by atoms with Gasteiger partial charge in [-0.1, -0.05) is 0 Å². The number of nitrogen functional groups attached to an aromatic ring is 1. The number of anilines is 1. The largest absolute Gasteiger partial charge is 0.433 e. The van der Waals surface area contributed by atoms with Crippen LogP contribution in [-0.2, 0) is 6.18 Å². The Hall–Kier alpha value is -1.83. The summed E-state index contributed by atoms with van der Waals surface area (Å²) < 4.78 is 37.9. The summed E-state index contributed by atoms with van der Waals surface area (Å²) in [5, 5.41) is 3.21. The van der Waals surface area contributed by atoms with E-state index in [-0.39, 0.29) is 26.8 Å². The number of nitrogens with two attached hydrogens (primary N) is 1. The lowest BCUT2D eigenvalue weighted by Gasteiger charge is -2.10. The standard InChI is InChI=1S/C13H12F3N3OS/c1-12(4-5-12)19-10(20)9-8(17)6-2-3-7(13(14,15)16)18-11(6)21-9/h2-3H,4-5,17H2,1H3,(H,19,20). The first-order chi connectivity index (χ1) is 9.70. The highest BCUT2D eigenvalue weighted by Gasteiger charge is 2.39. The van der Waals surface area contributed by atoms with Gasteiger partial charge in [-0.3, -0.25) is 4.79 Å². The molecule has 0 bridgehead atoms. The molecule has 2 heterocycles. The van der Waals surface area contributed by atoms with Crippen molar-refractivity contribution in [2.24, 2.45) is 0 Å². The van der Waals surface area contributed by atoms with Crippen LogP contribution in [0.15, 0.2) is 12.1 Å². The minimum Gasteiger partial charge on any atom is -0.397 e. The number of carbonyl (C=O) groups is 1. The number of thiophene rings is 1. The molecule has 1 amide bonds. The van der Waals surface area contributed by atoms with Crippen LogP contribution in [0.2, 0.25) is 0 Å². The molecule has 0 atom stereocenters. The second-order valence-corrected chi connectivity index (χ2v) is 6.41. The first-order valence-electron chi connectivity index (χ1n) is 6.28. The molecule has 2 aromatic heterocycles. The molecule has 0 saturated heterocycles. The van der Waals surface area contributed by atoms with E-state index >= 15 is 0 Å². The maximum Gasteiger partial charge on any atom is 0.433 e. The van der Waals surface area contributed by atoms with Crippen LogP contribution >= 0.6 is 11.3 Å². The lowest BCUT2D eigenvalue weighted by atomic mass is 10.2. The van der Waals surface area contributed by atoms with Gasteiger partial charge < -0.3 is 11.1 Å². The van der Waals surface area contributed by atoms with Crippen LogP contribution in [0, 0.1) is 0 Å². The Labute approximate surface area is 122 Å². The predicted molar refractivity (Wildman–Crippen MR) is 74.1 cm³/mol. The minimum atomic E-state index is -4.52. The third kappa shape index (κ3) is 2.55. The number of nitrogens with one attached hydrogen (secondary N) is 1. The second-order valence-electron chi connectivity index (χ2n) is 5.41. The molecule has 1 saturated carbocycles. The maximum atomic E-state index is 12.6. The zero-order chi connectivity index (χ0) is 15.4. The van der Waals surface area contributed by atoms with Crippen molar-refractivity contribution in [2.75, 3.05) is 5.73 Å². The fourth-order valence-corrected chi connectivity index (χ4v) is 2.96. The SMILES string of the molecule is CC1(NC(=O)c2sc3nc(C(F)(F)F)ccc3c2N)CC1. The molecule has 21 heavy (non-hydrogen) atoms. The molecule has 0 spiro atoms. The van der Waals surface area contributed by atoms with Gasteiger partial charge in [0.25, 0.3) is 5.91 Å². The molecular formula is C13H12F3N3OS. The molecular weight excluding hydrogens is 303 g/mol. The molecule has 4 nitrogen and oxygen atoms in total. The average molecular weight is 315 g/mol. The van der Waals surface area contributed by atoms with Crippen molar-refractivity contribution in [1.82, 2.24) is 10.3 Å². The number of fused-ring (bicyclic) bond motifs is 1. The third-order valence-corrected chi connectivity index (χ3v) is 4.62. The first kappa shape index (κ1) is 14.1. The Morgan fingerprint density at radius 2 is 2.10 bits per heavy atom. The number of pyridine rings is 1. The van der Waals surface area contributed by atoms with Crippen LogP contribution in [0.3, 0.4) is 0 Å². The number of nitrogens with zero attached hydrogens (tertiary/aromatic N) is 1. The van der Waals surface area contributed by atoms with Crippen LogP contribution in [0.25, 0.3) is 10.2 Å². The van der Waals surface area contributed by atoms with Gasteiger partial charge >= 0.3 is 6.18 Å². The lowest BCUT2D eigenvalue weighted by molar-refractivity contribution is -0.140. The summed E-state index contributed by atoms with van der Waals surface area (Å²) in [6.07, 6.45) is -2.74. The monoisotopic (exact) mass is 315 g/mol. The van der Waals surface area contributed by atoms with Crippen molar-refractivity contribution in [3.8, 4) is 0 Å². The summed E-state index contributed by atoms with van der Waals surface area (Å²) in [7, 11) is 0. The number of alkyl halides is 3. The second kappa shape index (κ2) is 4.33. The van der Waals surface area contributed by atoms with Gasteiger partial charge in [-0.05, 0) is 31.9 Å². The van der Waals surface area contributed by atoms with Crippen molar-refractivity contribution >= 4 is 33.1 Å². The van der Waals surface area contributed by atoms with Crippen molar-refractivity contribution in [2.45, 2.75) is 31.5 Å². The lowest BCUT2D eigenvalue weighted by Crippen LogP contribution is -2.34. The highest BCUT2D eigenvalue weighted by atomic mass is 32.1. The summed E-state index contributed by atoms with van der Waals surface area (Å²) in [5.41, 5.74) is 4.84. The van der Waals surface area contributed by atoms with E-state index in [0.29, 0.717) is 5.39 Å². The maximum absolute atomic E-state index is 12.6. The number of halogens is 3. The summed E-state index contributed by atoms with van der Waals surface area (Å²) >= 11 is 0.883. The van der Waals surface area contributed by atoms with Crippen molar-refractivity contribution in [3.05, 3.63) is 22.7 Å². The molecule has 112 valence electrons. The number of aromatic nitrogens is 1. The van der Waals surface area contributed by atoms with E-state index < -0.39 is 11.9 Å². The highest BCUT2D eigenvalue weighted by Crippen LogP contribution is 2.38. The van der Waals surface area contributed by atoms with Crippen LogP contribution in [-0.4, -0.2) is 16.4 Å². The number of carbonyl (C=O) groups excluding carboxylic acids is 1. The Bertz CT molecular complexity index is 734. The Balaban J connectivity index is 2.00. The van der Waals surface area contributed by atoms with Gasteiger partial charge in [0.1, 0.15) is 15.4 Å². The zero-order valence-corrected chi connectivity index (χ0v) is 11.9. The molecule has 3 rings (SSSR count). The van der Waals surface area contributed by atoms with Gasteiger partial charge in [-0.15, -0.1) is 11.3 Å². The average Bonchev–Trinajstić information content (AvgIpc) is 3.00. The van der Waals surface area contributed by atoms with Gasteiger partial charge in [0.05, 0.1) is 5.69 Å². The fourth-order valence-electron chi connectivity index (χ4n) is 1.97. The molecule has 2 aromatic rings.